The zero-order valence-electron chi connectivity index (χ0n) is 18.9. The quantitative estimate of drug-likeness (QED) is 0.387. The highest BCUT2D eigenvalue weighted by Gasteiger charge is 2.13. The number of benzene rings is 3. The number of rotatable bonds is 6. The van der Waals surface area contributed by atoms with Crippen LogP contribution in [0.4, 0.5) is 5.69 Å². The summed E-state index contributed by atoms with van der Waals surface area (Å²) in [6.45, 7) is 8.54. The summed E-state index contributed by atoms with van der Waals surface area (Å²) in [5.41, 5.74) is 5.69. The number of carbonyl (C=O) groups is 1. The fourth-order valence-corrected chi connectivity index (χ4v) is 3.41. The van der Waals surface area contributed by atoms with Crippen LogP contribution in [0.15, 0.2) is 71.1 Å². The summed E-state index contributed by atoms with van der Waals surface area (Å²) in [7, 11) is 0. The van der Waals surface area contributed by atoms with Crippen LogP contribution < -0.4 is 10.1 Å². The van der Waals surface area contributed by atoms with Gasteiger partial charge in [0.1, 0.15) is 11.3 Å². The van der Waals surface area contributed by atoms with Gasteiger partial charge in [-0.1, -0.05) is 45.9 Å². The van der Waals surface area contributed by atoms with E-state index in [-0.39, 0.29) is 17.9 Å². The Morgan fingerprint density at radius 1 is 1.00 bits per heavy atom. The zero-order chi connectivity index (χ0) is 22.7. The van der Waals surface area contributed by atoms with Gasteiger partial charge >= 0.3 is 0 Å². The molecule has 0 saturated heterocycles. The molecule has 1 N–H and O–H groups in total. The van der Waals surface area contributed by atoms with Crippen LogP contribution in [0.25, 0.3) is 22.6 Å². The van der Waals surface area contributed by atoms with Crippen LogP contribution in [0.3, 0.4) is 0 Å². The molecule has 5 nitrogen and oxygen atoms in total. The van der Waals surface area contributed by atoms with Crippen molar-refractivity contribution >= 4 is 22.7 Å². The first-order valence-corrected chi connectivity index (χ1v) is 10.8. The second-order valence-electron chi connectivity index (χ2n) is 8.86. The highest BCUT2D eigenvalue weighted by Crippen LogP contribution is 2.27. The molecule has 0 spiro atoms. The van der Waals surface area contributed by atoms with Gasteiger partial charge in [-0.05, 0) is 71.5 Å². The minimum absolute atomic E-state index is 0.0541. The van der Waals surface area contributed by atoms with Crippen LogP contribution in [0.1, 0.15) is 38.8 Å². The van der Waals surface area contributed by atoms with E-state index < -0.39 is 0 Å². The van der Waals surface area contributed by atoms with Crippen LogP contribution in [0, 0.1) is 0 Å². The molecule has 1 aromatic heterocycles. The predicted molar refractivity (Wildman–Crippen MR) is 128 cm³/mol. The van der Waals surface area contributed by atoms with E-state index in [2.05, 4.69) is 44.1 Å². The molecule has 1 amide bonds. The number of hydrogen-bond donors (Lipinski definition) is 1. The molecular formula is C27H28N2O3. The molecule has 164 valence electrons. The van der Waals surface area contributed by atoms with Gasteiger partial charge in [-0.15, -0.1) is 0 Å². The number of oxazole rings is 1. The largest absolute Gasteiger partial charge is 0.484 e. The molecule has 32 heavy (non-hydrogen) atoms. The molecule has 4 aromatic rings. The molecule has 5 heteroatoms. The van der Waals surface area contributed by atoms with Gasteiger partial charge in [0.15, 0.2) is 12.2 Å². The predicted octanol–water partition coefficient (Wildman–Crippen LogP) is 6.37. The van der Waals surface area contributed by atoms with Gasteiger partial charge in [0.2, 0.25) is 5.89 Å². The van der Waals surface area contributed by atoms with Crippen molar-refractivity contribution in [2.24, 2.45) is 0 Å². The third kappa shape index (κ3) is 4.99. The number of nitrogens with zero attached hydrogens (tertiary/aromatic N) is 1. The van der Waals surface area contributed by atoms with Crippen molar-refractivity contribution < 1.29 is 13.9 Å². The summed E-state index contributed by atoms with van der Waals surface area (Å²) in [4.78, 5) is 16.9. The Labute approximate surface area is 188 Å². The van der Waals surface area contributed by atoms with Crippen LogP contribution in [0.5, 0.6) is 5.75 Å². The molecule has 1 heterocycles. The molecular weight excluding hydrogens is 400 g/mol. The number of amides is 1. The Morgan fingerprint density at radius 3 is 2.38 bits per heavy atom. The fraction of sp³-hybridized carbons (Fsp3) is 0.259. The van der Waals surface area contributed by atoms with E-state index in [1.54, 1.807) is 0 Å². The Kier molecular flexibility index (Phi) is 5.99. The van der Waals surface area contributed by atoms with E-state index in [0.29, 0.717) is 17.3 Å². The lowest BCUT2D eigenvalue weighted by Gasteiger charge is -2.19. The van der Waals surface area contributed by atoms with Gasteiger partial charge in [-0.2, -0.15) is 0 Å². The van der Waals surface area contributed by atoms with Gasteiger partial charge in [0.25, 0.3) is 5.91 Å². The minimum atomic E-state index is -0.216. The number of hydrogen-bond acceptors (Lipinski definition) is 4. The molecule has 0 atom stereocenters. The number of aromatic nitrogens is 1. The summed E-state index contributed by atoms with van der Waals surface area (Å²) >= 11 is 0. The van der Waals surface area contributed by atoms with Crippen molar-refractivity contribution in [2.75, 3.05) is 11.9 Å². The van der Waals surface area contributed by atoms with Crippen molar-refractivity contribution in [3.05, 3.63) is 77.9 Å². The second-order valence-corrected chi connectivity index (χ2v) is 8.86. The van der Waals surface area contributed by atoms with Crippen molar-refractivity contribution in [1.82, 2.24) is 4.98 Å². The third-order valence-corrected chi connectivity index (χ3v) is 5.37. The summed E-state index contributed by atoms with van der Waals surface area (Å²) < 4.78 is 11.5. The monoisotopic (exact) mass is 428 g/mol. The van der Waals surface area contributed by atoms with Gasteiger partial charge < -0.3 is 14.5 Å². The van der Waals surface area contributed by atoms with E-state index in [4.69, 9.17) is 9.15 Å². The van der Waals surface area contributed by atoms with E-state index >= 15 is 0 Å². The number of nitrogens with one attached hydrogen (secondary N) is 1. The smallest absolute Gasteiger partial charge is 0.262 e. The molecule has 0 unspecified atom stereocenters. The first-order chi connectivity index (χ1) is 15.3. The number of aryl methyl sites for hydroxylation is 1. The van der Waals surface area contributed by atoms with Gasteiger partial charge in [0.05, 0.1) is 0 Å². The van der Waals surface area contributed by atoms with Gasteiger partial charge in [0, 0.05) is 11.3 Å². The third-order valence-electron chi connectivity index (χ3n) is 5.37. The summed E-state index contributed by atoms with van der Waals surface area (Å²) in [5.74, 6) is 1.02. The van der Waals surface area contributed by atoms with Gasteiger partial charge in [-0.3, -0.25) is 4.79 Å². The van der Waals surface area contributed by atoms with Crippen LogP contribution >= 0.6 is 0 Å². The molecule has 3 aromatic carbocycles. The SMILES string of the molecule is CCc1ccc2oc(-c3ccc(NC(=O)COc4ccc(C(C)(C)C)cc4)cc3)nc2c1. The summed E-state index contributed by atoms with van der Waals surface area (Å²) in [6.07, 6.45) is 0.957. The molecule has 4 rings (SSSR count). The normalized spacial score (nSPS) is 11.5. The highest BCUT2D eigenvalue weighted by atomic mass is 16.5. The maximum atomic E-state index is 12.3. The number of fused-ring (bicyclic) bond motifs is 1. The lowest BCUT2D eigenvalue weighted by Crippen LogP contribution is -2.20. The molecule has 0 aliphatic carbocycles. The lowest BCUT2D eigenvalue weighted by atomic mass is 9.87. The van der Waals surface area contributed by atoms with Crippen molar-refractivity contribution in [3.8, 4) is 17.2 Å². The summed E-state index contributed by atoms with van der Waals surface area (Å²) in [6, 6.07) is 21.3. The number of carbonyl (C=O) groups excluding carboxylic acids is 1. The zero-order valence-corrected chi connectivity index (χ0v) is 18.9. The summed E-state index contributed by atoms with van der Waals surface area (Å²) in [5, 5.41) is 2.85. The molecule has 0 aliphatic rings. The Morgan fingerprint density at radius 2 is 1.72 bits per heavy atom. The topological polar surface area (TPSA) is 64.4 Å². The number of anilines is 1. The Bertz CT molecular complexity index is 1220. The van der Waals surface area contributed by atoms with E-state index in [0.717, 1.165) is 23.1 Å². The van der Waals surface area contributed by atoms with Gasteiger partial charge in [-0.25, -0.2) is 4.98 Å². The van der Waals surface area contributed by atoms with Crippen LogP contribution in [-0.2, 0) is 16.6 Å². The number of ether oxygens (including phenoxy) is 1. The van der Waals surface area contributed by atoms with E-state index in [1.165, 1.54) is 11.1 Å². The second kappa shape index (κ2) is 8.87. The van der Waals surface area contributed by atoms with E-state index in [9.17, 15) is 4.79 Å². The Hall–Kier alpha value is -3.60. The maximum absolute atomic E-state index is 12.3. The molecule has 0 radical (unpaired) electrons. The van der Waals surface area contributed by atoms with E-state index in [1.807, 2.05) is 60.7 Å². The first kappa shape index (κ1) is 21.6. The fourth-order valence-electron chi connectivity index (χ4n) is 3.41. The highest BCUT2D eigenvalue weighted by molar-refractivity contribution is 5.92. The van der Waals surface area contributed by atoms with Crippen molar-refractivity contribution in [1.29, 1.82) is 0 Å². The maximum Gasteiger partial charge on any atom is 0.262 e. The molecule has 0 saturated carbocycles. The first-order valence-electron chi connectivity index (χ1n) is 10.8. The van der Waals surface area contributed by atoms with Crippen molar-refractivity contribution in [2.45, 2.75) is 39.5 Å². The van der Waals surface area contributed by atoms with Crippen molar-refractivity contribution in [3.63, 3.8) is 0 Å². The lowest BCUT2D eigenvalue weighted by molar-refractivity contribution is -0.118. The van der Waals surface area contributed by atoms with Crippen LogP contribution in [-0.4, -0.2) is 17.5 Å². The minimum Gasteiger partial charge on any atom is -0.484 e. The molecule has 0 fully saturated rings. The average molecular weight is 429 g/mol. The average Bonchev–Trinajstić information content (AvgIpc) is 3.21. The molecule has 0 aliphatic heterocycles. The van der Waals surface area contributed by atoms with Crippen LogP contribution in [0.2, 0.25) is 0 Å². The molecule has 0 bridgehead atoms. The Balaban J connectivity index is 1.35. The standard InChI is InChI=1S/C27H28N2O3/c1-5-18-6-15-24-23(16-18)29-26(32-24)19-7-11-21(12-8-19)28-25(30)17-31-22-13-9-20(10-14-22)27(2,3)4/h6-16H,5,17H2,1-4H3,(H,28,30).